The molecule has 0 fully saturated rings. The van der Waals surface area contributed by atoms with Gasteiger partial charge in [0.05, 0.1) is 0 Å². The van der Waals surface area contributed by atoms with Gasteiger partial charge >= 0.3 is 0 Å². The van der Waals surface area contributed by atoms with Gasteiger partial charge in [0.15, 0.2) is 0 Å². The van der Waals surface area contributed by atoms with Crippen molar-refractivity contribution in [2.45, 2.75) is 13.2 Å². The van der Waals surface area contributed by atoms with E-state index in [9.17, 15) is 4.79 Å². The fourth-order valence-electron chi connectivity index (χ4n) is 0.0985. The van der Waals surface area contributed by atoms with Gasteiger partial charge in [-0.3, -0.25) is 4.79 Å². The number of rotatable bonds is 2. The predicted octanol–water partition coefficient (Wildman–Crippen LogP) is -1.75. The predicted molar refractivity (Wildman–Crippen MR) is 24.5 cm³/mol. The van der Waals surface area contributed by atoms with Gasteiger partial charge in [-0.15, -0.1) is 0 Å². The number of carbonyl (C=O) groups is 1. The molecule has 4 heteroatoms. The van der Waals surface area contributed by atoms with Crippen LogP contribution in [-0.2, 0) is 4.79 Å². The highest BCUT2D eigenvalue weighted by molar-refractivity contribution is 5.45. The summed E-state index contributed by atoms with van der Waals surface area (Å²) in [5.74, 6) is 0. The highest BCUT2D eigenvalue weighted by atomic mass is 16.3. The Hall–Kier alpha value is -0.610. The minimum absolute atomic E-state index is 0. The number of aliphatic hydroxyl groups is 1. The minimum atomic E-state index is -0.720. The summed E-state index contributed by atoms with van der Waals surface area (Å²) in [6.45, 7) is 1.47. The molecule has 7 heavy (non-hydrogen) atoms. The molecule has 44 valence electrons. The maximum atomic E-state index is 9.34. The van der Waals surface area contributed by atoms with Gasteiger partial charge in [-0.25, -0.2) is 0 Å². The topological polar surface area (TPSA) is 80.8 Å². The van der Waals surface area contributed by atoms with Crippen molar-refractivity contribution in [3.05, 3.63) is 0 Å². The molecule has 4 N–H and O–H groups in total. The molecule has 0 radical (unpaired) electrons. The van der Waals surface area contributed by atoms with Crippen LogP contribution in [0.2, 0.25) is 0 Å². The van der Waals surface area contributed by atoms with Crippen LogP contribution in [0.5, 0.6) is 0 Å². The van der Waals surface area contributed by atoms with Gasteiger partial charge in [0.2, 0.25) is 6.41 Å². The summed E-state index contributed by atoms with van der Waals surface area (Å²) in [5, 5.41) is 10.3. The zero-order chi connectivity index (χ0) is 4.99. The first-order valence-electron chi connectivity index (χ1n) is 1.65. The third-order valence-corrected chi connectivity index (χ3v) is 0.309. The van der Waals surface area contributed by atoms with Crippen LogP contribution in [0.3, 0.4) is 0 Å². The molecule has 0 heterocycles. The Morgan fingerprint density at radius 2 is 2.29 bits per heavy atom. The van der Waals surface area contributed by atoms with Crippen LogP contribution in [0.15, 0.2) is 0 Å². The van der Waals surface area contributed by atoms with Crippen molar-refractivity contribution in [1.82, 2.24) is 5.32 Å². The molecule has 0 aliphatic rings. The van der Waals surface area contributed by atoms with Gasteiger partial charge in [0, 0.05) is 0 Å². The average molecular weight is 107 g/mol. The summed E-state index contributed by atoms with van der Waals surface area (Å²) in [5.41, 5.74) is 0. The van der Waals surface area contributed by atoms with Crippen molar-refractivity contribution in [2.24, 2.45) is 0 Å². The molecular weight excluding hydrogens is 98.0 g/mol. The monoisotopic (exact) mass is 107 g/mol. The molecule has 1 amide bonds. The Morgan fingerprint density at radius 1 is 1.86 bits per heavy atom. The van der Waals surface area contributed by atoms with E-state index in [2.05, 4.69) is 5.32 Å². The molecule has 0 bridgehead atoms. The number of nitrogens with one attached hydrogen (secondary N) is 1. The molecule has 0 saturated carbocycles. The molecule has 4 nitrogen and oxygen atoms in total. The van der Waals surface area contributed by atoms with Gasteiger partial charge < -0.3 is 15.9 Å². The van der Waals surface area contributed by atoms with Gasteiger partial charge in [-0.1, -0.05) is 0 Å². The van der Waals surface area contributed by atoms with Gasteiger partial charge in [-0.2, -0.15) is 0 Å². The summed E-state index contributed by atoms with van der Waals surface area (Å²) in [6.07, 6.45) is -0.271. The van der Waals surface area contributed by atoms with E-state index in [0.29, 0.717) is 6.41 Å². The van der Waals surface area contributed by atoms with E-state index in [1.54, 1.807) is 0 Å². The molecule has 0 aliphatic carbocycles. The Kier molecular flexibility index (Phi) is 7.42. The van der Waals surface area contributed by atoms with Crippen LogP contribution < -0.4 is 5.32 Å². The summed E-state index contributed by atoms with van der Waals surface area (Å²) in [6, 6.07) is 0. The Balaban J connectivity index is 0. The van der Waals surface area contributed by atoms with Crippen molar-refractivity contribution in [2.75, 3.05) is 0 Å². The third kappa shape index (κ3) is 10.8. The van der Waals surface area contributed by atoms with Crippen LogP contribution >= 0.6 is 0 Å². The standard InChI is InChI=1S/C3H7NO2.H2O/c1-3(6)4-2-5;/h2-3,6H,1H3,(H,4,5);1H2. The molecule has 0 aliphatic heterocycles. The Bertz CT molecular complexity index is 45.4. The lowest BCUT2D eigenvalue weighted by molar-refractivity contribution is -0.111. The van der Waals surface area contributed by atoms with Crippen LogP contribution in [0, 0.1) is 0 Å². The van der Waals surface area contributed by atoms with Gasteiger partial charge in [-0.05, 0) is 6.92 Å². The van der Waals surface area contributed by atoms with Crippen molar-refractivity contribution in [1.29, 1.82) is 0 Å². The average Bonchev–Trinajstić information content (AvgIpc) is 1.35. The molecular formula is C3H9NO3. The van der Waals surface area contributed by atoms with E-state index >= 15 is 0 Å². The van der Waals surface area contributed by atoms with Gasteiger partial charge in [0.1, 0.15) is 6.23 Å². The van der Waals surface area contributed by atoms with Crippen molar-refractivity contribution >= 4 is 6.41 Å². The number of amides is 1. The highest BCUT2D eigenvalue weighted by Gasteiger charge is 1.82. The third-order valence-electron chi connectivity index (χ3n) is 0.309. The fourth-order valence-corrected chi connectivity index (χ4v) is 0.0985. The molecule has 0 rings (SSSR count). The maximum Gasteiger partial charge on any atom is 0.209 e. The number of hydrogen-bond acceptors (Lipinski definition) is 2. The molecule has 0 saturated heterocycles. The second kappa shape index (κ2) is 5.39. The largest absolute Gasteiger partial charge is 0.412 e. The maximum absolute atomic E-state index is 9.34. The van der Waals surface area contributed by atoms with E-state index in [1.807, 2.05) is 0 Å². The van der Waals surface area contributed by atoms with E-state index in [4.69, 9.17) is 5.11 Å². The molecule has 1 atom stereocenters. The number of aliphatic hydroxyl groups excluding tert-OH is 1. The smallest absolute Gasteiger partial charge is 0.209 e. The van der Waals surface area contributed by atoms with Crippen molar-refractivity contribution in [3.8, 4) is 0 Å². The summed E-state index contributed by atoms with van der Waals surface area (Å²) >= 11 is 0. The first-order chi connectivity index (χ1) is 2.77. The van der Waals surface area contributed by atoms with Gasteiger partial charge in [0.25, 0.3) is 0 Å². The molecule has 0 aromatic rings. The van der Waals surface area contributed by atoms with Crippen molar-refractivity contribution in [3.63, 3.8) is 0 Å². The second-order valence-corrected chi connectivity index (χ2v) is 0.960. The minimum Gasteiger partial charge on any atom is -0.412 e. The lowest BCUT2D eigenvalue weighted by atomic mass is 10.7. The summed E-state index contributed by atoms with van der Waals surface area (Å²) < 4.78 is 0. The molecule has 0 aromatic carbocycles. The number of hydrogen-bond donors (Lipinski definition) is 2. The van der Waals surface area contributed by atoms with Crippen LogP contribution in [0.1, 0.15) is 6.92 Å². The molecule has 1 unspecified atom stereocenters. The quantitative estimate of drug-likeness (QED) is 0.324. The molecule has 0 spiro atoms. The Labute approximate surface area is 41.5 Å². The lowest BCUT2D eigenvalue weighted by Crippen LogP contribution is -2.22. The van der Waals surface area contributed by atoms with E-state index in [0.717, 1.165) is 0 Å². The normalized spacial score (nSPS) is 11.1. The fraction of sp³-hybridized carbons (Fsp3) is 0.667. The molecule has 0 aromatic heterocycles. The van der Waals surface area contributed by atoms with Crippen LogP contribution in [0.4, 0.5) is 0 Å². The zero-order valence-electron chi connectivity index (χ0n) is 4.01. The second-order valence-electron chi connectivity index (χ2n) is 0.960. The lowest BCUT2D eigenvalue weighted by Gasteiger charge is -1.95. The highest BCUT2D eigenvalue weighted by Crippen LogP contribution is 1.60. The first kappa shape index (κ1) is 9.63. The van der Waals surface area contributed by atoms with Crippen LogP contribution in [-0.4, -0.2) is 23.2 Å². The first-order valence-corrected chi connectivity index (χ1v) is 1.65. The Morgan fingerprint density at radius 3 is 2.29 bits per heavy atom. The van der Waals surface area contributed by atoms with Crippen molar-refractivity contribution < 1.29 is 15.4 Å². The van der Waals surface area contributed by atoms with E-state index in [1.165, 1.54) is 6.92 Å². The summed E-state index contributed by atoms with van der Waals surface area (Å²) in [4.78, 5) is 9.34. The van der Waals surface area contributed by atoms with Crippen LogP contribution in [0.25, 0.3) is 0 Å². The zero-order valence-corrected chi connectivity index (χ0v) is 4.01. The number of carbonyl (C=O) groups excluding carboxylic acids is 1. The van der Waals surface area contributed by atoms with E-state index in [-0.39, 0.29) is 5.48 Å². The summed E-state index contributed by atoms with van der Waals surface area (Å²) in [7, 11) is 0. The SMILES string of the molecule is CC(O)NC=O.O. The van der Waals surface area contributed by atoms with E-state index < -0.39 is 6.23 Å².